The van der Waals surface area contributed by atoms with Crippen LogP contribution >= 0.6 is 11.6 Å². The summed E-state index contributed by atoms with van der Waals surface area (Å²) in [5, 5.41) is 6.27. The summed E-state index contributed by atoms with van der Waals surface area (Å²) in [4.78, 5) is 12.4. The molecule has 152 valence electrons. The predicted octanol–water partition coefficient (Wildman–Crippen LogP) is 1.27. The molecule has 2 heterocycles. The molecule has 0 unspecified atom stereocenters. The summed E-state index contributed by atoms with van der Waals surface area (Å²) in [6.07, 6.45) is 0. The fraction of sp³-hybridized carbons (Fsp3) is 0.471. The Hall–Kier alpha value is -2.40. The molecule has 2 aromatic rings. The Bertz CT molecular complexity index is 766. The van der Waals surface area contributed by atoms with Crippen LogP contribution in [0.1, 0.15) is 5.56 Å². The number of aromatic nitrogens is 3. The van der Waals surface area contributed by atoms with E-state index in [2.05, 4.69) is 25.6 Å². The Morgan fingerprint density at radius 1 is 0.964 bits per heavy atom. The van der Waals surface area contributed by atoms with E-state index < -0.39 is 0 Å². The molecule has 0 saturated carbocycles. The van der Waals surface area contributed by atoms with Crippen molar-refractivity contribution in [3.63, 3.8) is 0 Å². The molecule has 0 saturated heterocycles. The van der Waals surface area contributed by atoms with Crippen molar-refractivity contribution in [1.82, 2.24) is 15.0 Å². The maximum absolute atomic E-state index is 5.98. The van der Waals surface area contributed by atoms with Crippen LogP contribution in [0.15, 0.2) is 18.2 Å². The zero-order valence-corrected chi connectivity index (χ0v) is 16.1. The molecule has 1 aliphatic rings. The lowest BCUT2D eigenvalue weighted by molar-refractivity contribution is 0.0547. The minimum Gasteiger partial charge on any atom is -0.454 e. The van der Waals surface area contributed by atoms with Crippen LogP contribution in [0, 0.1) is 0 Å². The fourth-order valence-electron chi connectivity index (χ4n) is 2.38. The van der Waals surface area contributed by atoms with Crippen LogP contribution < -0.4 is 25.8 Å². The number of hydrogen-bond acceptors (Lipinski definition) is 10. The number of halogens is 1. The van der Waals surface area contributed by atoms with Gasteiger partial charge >= 0.3 is 0 Å². The molecule has 0 atom stereocenters. The van der Waals surface area contributed by atoms with Gasteiger partial charge < -0.3 is 35.3 Å². The number of rotatable bonds is 12. The van der Waals surface area contributed by atoms with E-state index in [1.54, 1.807) is 0 Å². The average molecular weight is 411 g/mol. The van der Waals surface area contributed by atoms with Gasteiger partial charge in [0.2, 0.25) is 24.0 Å². The Kier molecular flexibility index (Phi) is 7.85. The highest BCUT2D eigenvalue weighted by atomic mass is 35.5. The van der Waals surface area contributed by atoms with Gasteiger partial charge in [-0.05, 0) is 29.3 Å². The number of hydrogen-bond donors (Lipinski definition) is 3. The molecule has 0 spiro atoms. The molecule has 1 aliphatic heterocycles. The largest absolute Gasteiger partial charge is 0.454 e. The molecule has 3 rings (SSSR count). The third kappa shape index (κ3) is 6.34. The Labute approximate surface area is 167 Å². The summed E-state index contributed by atoms with van der Waals surface area (Å²) in [5.41, 5.74) is 6.33. The van der Waals surface area contributed by atoms with Crippen LogP contribution in [0.25, 0.3) is 0 Å². The molecule has 1 aromatic heterocycles. The van der Waals surface area contributed by atoms with Gasteiger partial charge in [0.15, 0.2) is 11.5 Å². The third-order valence-electron chi connectivity index (χ3n) is 3.66. The average Bonchev–Trinajstić information content (AvgIpc) is 3.16. The molecule has 0 radical (unpaired) electrons. The first-order chi connectivity index (χ1) is 13.7. The summed E-state index contributed by atoms with van der Waals surface area (Å²) in [6.45, 7) is 3.82. The van der Waals surface area contributed by atoms with Gasteiger partial charge in [-0.25, -0.2) is 0 Å². The van der Waals surface area contributed by atoms with Crippen molar-refractivity contribution in [2.24, 2.45) is 5.73 Å². The number of nitrogens with zero attached hydrogens (tertiary/aromatic N) is 3. The summed E-state index contributed by atoms with van der Waals surface area (Å²) in [5.74, 6) is 2.21. The summed E-state index contributed by atoms with van der Waals surface area (Å²) < 4.78 is 21.3. The van der Waals surface area contributed by atoms with Gasteiger partial charge in [0.25, 0.3) is 0 Å². The fourth-order valence-corrected chi connectivity index (χ4v) is 2.54. The smallest absolute Gasteiger partial charge is 0.231 e. The highest BCUT2D eigenvalue weighted by Crippen LogP contribution is 2.32. The summed E-state index contributed by atoms with van der Waals surface area (Å²) >= 11 is 5.98. The minimum absolute atomic E-state index is 0.0989. The predicted molar refractivity (Wildman–Crippen MR) is 104 cm³/mol. The van der Waals surface area contributed by atoms with Gasteiger partial charge in [0, 0.05) is 19.6 Å². The number of nitrogens with two attached hydrogens (primary N) is 1. The van der Waals surface area contributed by atoms with Crippen LogP contribution in [0.5, 0.6) is 11.5 Å². The lowest BCUT2D eigenvalue weighted by atomic mass is 10.2. The second kappa shape index (κ2) is 10.8. The van der Waals surface area contributed by atoms with Crippen molar-refractivity contribution in [3.05, 3.63) is 29.0 Å². The van der Waals surface area contributed by atoms with Gasteiger partial charge in [-0.1, -0.05) is 6.07 Å². The van der Waals surface area contributed by atoms with E-state index >= 15 is 0 Å². The van der Waals surface area contributed by atoms with Crippen molar-refractivity contribution >= 4 is 23.5 Å². The second-order valence-electron chi connectivity index (χ2n) is 5.73. The van der Waals surface area contributed by atoms with E-state index in [9.17, 15) is 0 Å². The van der Waals surface area contributed by atoms with Crippen molar-refractivity contribution < 1.29 is 18.9 Å². The van der Waals surface area contributed by atoms with Gasteiger partial charge in [0.1, 0.15) is 0 Å². The van der Waals surface area contributed by atoms with Crippen LogP contribution in [0.3, 0.4) is 0 Å². The molecule has 0 fully saturated rings. The van der Waals surface area contributed by atoms with E-state index in [0.717, 1.165) is 17.1 Å². The molecule has 11 heteroatoms. The molecule has 10 nitrogen and oxygen atoms in total. The number of anilines is 2. The topological polar surface area (TPSA) is 126 Å². The van der Waals surface area contributed by atoms with Gasteiger partial charge in [-0.15, -0.1) is 0 Å². The number of nitrogens with one attached hydrogen (secondary N) is 2. The van der Waals surface area contributed by atoms with Crippen molar-refractivity contribution in [3.8, 4) is 11.5 Å². The standard InChI is InChI=1S/C17H23ClN6O4/c18-15-22-16(20-4-6-26-8-7-25-5-3-19)24-17(23-15)21-10-12-1-2-13-14(9-12)28-11-27-13/h1-2,9H,3-8,10-11,19H2,(H2,20,21,22,23,24). The minimum atomic E-state index is 0.0989. The van der Waals surface area contributed by atoms with Crippen molar-refractivity contribution in [1.29, 1.82) is 0 Å². The number of benzene rings is 1. The first-order valence-electron chi connectivity index (χ1n) is 8.88. The van der Waals surface area contributed by atoms with E-state index in [-0.39, 0.29) is 12.1 Å². The second-order valence-corrected chi connectivity index (χ2v) is 6.07. The van der Waals surface area contributed by atoms with Gasteiger partial charge in [0.05, 0.1) is 26.4 Å². The summed E-state index contributed by atoms with van der Waals surface area (Å²) in [7, 11) is 0. The lowest BCUT2D eigenvalue weighted by Crippen LogP contribution is -2.16. The zero-order valence-electron chi connectivity index (χ0n) is 15.3. The molecular weight excluding hydrogens is 388 g/mol. The monoisotopic (exact) mass is 410 g/mol. The Balaban J connectivity index is 1.43. The molecule has 0 aliphatic carbocycles. The molecule has 1 aromatic carbocycles. The quantitative estimate of drug-likeness (QED) is 0.440. The Morgan fingerprint density at radius 3 is 2.54 bits per heavy atom. The van der Waals surface area contributed by atoms with E-state index in [1.807, 2.05) is 18.2 Å². The highest BCUT2D eigenvalue weighted by molar-refractivity contribution is 6.28. The third-order valence-corrected chi connectivity index (χ3v) is 3.83. The SMILES string of the molecule is NCCOCCOCCNc1nc(Cl)nc(NCc2ccc3c(c2)OCO3)n1. The van der Waals surface area contributed by atoms with Crippen LogP contribution in [0.2, 0.25) is 5.28 Å². The molecule has 0 amide bonds. The highest BCUT2D eigenvalue weighted by Gasteiger charge is 2.13. The van der Waals surface area contributed by atoms with Crippen molar-refractivity contribution in [2.75, 3.05) is 56.9 Å². The van der Waals surface area contributed by atoms with E-state index in [4.69, 9.17) is 36.3 Å². The number of ether oxygens (including phenoxy) is 4. The van der Waals surface area contributed by atoms with Gasteiger partial charge in [-0.2, -0.15) is 15.0 Å². The number of fused-ring (bicyclic) bond motifs is 1. The van der Waals surface area contributed by atoms with Crippen LogP contribution in [0.4, 0.5) is 11.9 Å². The molecule has 0 bridgehead atoms. The lowest BCUT2D eigenvalue weighted by Gasteiger charge is -2.09. The van der Waals surface area contributed by atoms with E-state index in [0.29, 0.717) is 58.0 Å². The maximum atomic E-state index is 5.98. The zero-order chi connectivity index (χ0) is 19.6. The molecule has 28 heavy (non-hydrogen) atoms. The van der Waals surface area contributed by atoms with Crippen LogP contribution in [-0.2, 0) is 16.0 Å². The Morgan fingerprint density at radius 2 is 1.71 bits per heavy atom. The van der Waals surface area contributed by atoms with Crippen molar-refractivity contribution in [2.45, 2.75) is 6.54 Å². The maximum Gasteiger partial charge on any atom is 0.231 e. The summed E-state index contributed by atoms with van der Waals surface area (Å²) in [6, 6.07) is 5.72. The first kappa shape index (κ1) is 20.3. The van der Waals surface area contributed by atoms with E-state index in [1.165, 1.54) is 0 Å². The normalized spacial score (nSPS) is 12.2. The molecular formula is C17H23ClN6O4. The van der Waals surface area contributed by atoms with Crippen LogP contribution in [-0.4, -0.2) is 61.3 Å². The molecule has 4 N–H and O–H groups in total. The van der Waals surface area contributed by atoms with Gasteiger partial charge in [-0.3, -0.25) is 0 Å². The first-order valence-corrected chi connectivity index (χ1v) is 9.26.